The second-order valence-corrected chi connectivity index (χ2v) is 5.87. The summed E-state index contributed by atoms with van der Waals surface area (Å²) in [5.74, 6) is 6.57. The summed E-state index contributed by atoms with van der Waals surface area (Å²) in [5, 5.41) is 3.79. The van der Waals surface area contributed by atoms with E-state index < -0.39 is 10.8 Å². The molecule has 4 N–H and O–H groups in total. The van der Waals surface area contributed by atoms with Gasteiger partial charge >= 0.3 is 0 Å². The molecule has 0 aromatic carbocycles. The van der Waals surface area contributed by atoms with Crippen LogP contribution in [-0.2, 0) is 10.8 Å². The predicted octanol–water partition coefficient (Wildman–Crippen LogP) is 1.85. The Balaban J connectivity index is 2.87. The first kappa shape index (κ1) is 14.5. The molecule has 2 unspecified atom stereocenters. The van der Waals surface area contributed by atoms with Crippen molar-refractivity contribution in [1.82, 2.24) is 4.98 Å². The topological polar surface area (TPSA) is 80.0 Å². The van der Waals surface area contributed by atoms with E-state index in [4.69, 9.17) is 29.0 Å². The van der Waals surface area contributed by atoms with Gasteiger partial charge in [-0.3, -0.25) is 4.21 Å². The van der Waals surface area contributed by atoms with Gasteiger partial charge in [-0.25, -0.2) is 10.8 Å². The first-order valence-corrected chi connectivity index (χ1v) is 7.31. The third kappa shape index (κ3) is 4.31. The smallest absolute Gasteiger partial charge is 0.161 e. The molecule has 0 radical (unpaired) electrons. The predicted molar refractivity (Wildman–Crippen MR) is 74.1 cm³/mol. The summed E-state index contributed by atoms with van der Waals surface area (Å²) in [5.41, 5.74) is 2.38. The van der Waals surface area contributed by atoms with E-state index in [0.717, 1.165) is 0 Å². The van der Waals surface area contributed by atoms with Gasteiger partial charge in [0.05, 0.1) is 10.0 Å². The summed E-state index contributed by atoms with van der Waals surface area (Å²) in [6.07, 6.45) is 1.64. The standard InChI is InChI=1S/C9H14Cl2N4OS/c1-5(4-17(2)16)13-8-6(10)3-7(11)9(14-8)15-12/h3,5H,4,12H2,1-2H3,(H2,13,14,15). The van der Waals surface area contributed by atoms with E-state index in [9.17, 15) is 4.21 Å². The summed E-state index contributed by atoms with van der Waals surface area (Å²) >= 11 is 11.8. The fourth-order valence-electron chi connectivity index (χ4n) is 1.30. The van der Waals surface area contributed by atoms with Gasteiger partial charge in [-0.15, -0.1) is 0 Å². The molecular formula is C9H14Cl2N4OS. The Morgan fingerprint density at radius 3 is 2.59 bits per heavy atom. The molecular weight excluding hydrogens is 283 g/mol. The Labute approximate surface area is 113 Å². The van der Waals surface area contributed by atoms with Crippen LogP contribution in [-0.4, -0.2) is 27.2 Å². The lowest BCUT2D eigenvalue weighted by Crippen LogP contribution is -2.23. The average molecular weight is 297 g/mol. The van der Waals surface area contributed by atoms with Gasteiger partial charge in [-0.05, 0) is 13.0 Å². The molecule has 2 atom stereocenters. The molecule has 5 nitrogen and oxygen atoms in total. The molecule has 1 aromatic rings. The van der Waals surface area contributed by atoms with Crippen molar-refractivity contribution >= 4 is 45.6 Å². The Kier molecular flexibility index (Phi) is 5.45. The fraction of sp³-hybridized carbons (Fsp3) is 0.444. The van der Waals surface area contributed by atoms with Crippen LogP contribution in [0, 0.1) is 0 Å². The van der Waals surface area contributed by atoms with Crippen LogP contribution in [0.2, 0.25) is 10.0 Å². The van der Waals surface area contributed by atoms with Crippen LogP contribution < -0.4 is 16.6 Å². The molecule has 1 heterocycles. The van der Waals surface area contributed by atoms with Gasteiger partial charge < -0.3 is 10.7 Å². The molecule has 0 amide bonds. The highest BCUT2D eigenvalue weighted by atomic mass is 35.5. The number of hydrogen-bond donors (Lipinski definition) is 3. The molecule has 0 aliphatic rings. The number of rotatable bonds is 5. The normalized spacial score (nSPS) is 14.2. The number of nitrogen functional groups attached to an aromatic ring is 1. The van der Waals surface area contributed by atoms with Crippen molar-refractivity contribution in [2.24, 2.45) is 5.84 Å². The zero-order valence-corrected chi connectivity index (χ0v) is 11.8. The van der Waals surface area contributed by atoms with Gasteiger partial charge in [0, 0.05) is 28.9 Å². The highest BCUT2D eigenvalue weighted by Gasteiger charge is 2.11. The van der Waals surface area contributed by atoms with Crippen LogP contribution >= 0.6 is 23.2 Å². The Morgan fingerprint density at radius 2 is 2.06 bits per heavy atom. The average Bonchev–Trinajstić information content (AvgIpc) is 2.20. The quantitative estimate of drug-likeness (QED) is 0.571. The molecule has 1 rings (SSSR count). The second kappa shape index (κ2) is 6.39. The number of aromatic nitrogens is 1. The van der Waals surface area contributed by atoms with Crippen LogP contribution in [0.5, 0.6) is 0 Å². The van der Waals surface area contributed by atoms with Gasteiger partial charge in [-0.1, -0.05) is 23.2 Å². The van der Waals surface area contributed by atoms with E-state index in [0.29, 0.717) is 27.4 Å². The Bertz CT molecular complexity index is 430. The maximum atomic E-state index is 11.1. The minimum atomic E-state index is -0.887. The summed E-state index contributed by atoms with van der Waals surface area (Å²) in [6.45, 7) is 1.89. The lowest BCUT2D eigenvalue weighted by molar-refractivity contribution is 0.683. The van der Waals surface area contributed by atoms with Gasteiger partial charge in [-0.2, -0.15) is 0 Å². The number of hydrazine groups is 1. The number of anilines is 2. The minimum absolute atomic E-state index is 0.0161. The number of nitrogens with one attached hydrogen (secondary N) is 2. The van der Waals surface area contributed by atoms with E-state index in [1.807, 2.05) is 6.92 Å². The lowest BCUT2D eigenvalue weighted by Gasteiger charge is -2.15. The van der Waals surface area contributed by atoms with E-state index in [1.165, 1.54) is 0 Å². The number of nitrogens with two attached hydrogens (primary N) is 1. The fourth-order valence-corrected chi connectivity index (χ4v) is 2.55. The summed E-state index contributed by atoms with van der Waals surface area (Å²) < 4.78 is 11.1. The third-order valence-corrected chi connectivity index (χ3v) is 3.48. The molecule has 17 heavy (non-hydrogen) atoms. The molecule has 0 aliphatic heterocycles. The molecule has 0 aliphatic carbocycles. The van der Waals surface area contributed by atoms with Crippen LogP contribution in [0.3, 0.4) is 0 Å². The van der Waals surface area contributed by atoms with Gasteiger partial charge in [0.25, 0.3) is 0 Å². The summed E-state index contributed by atoms with van der Waals surface area (Å²) in [7, 11) is -0.887. The highest BCUT2D eigenvalue weighted by Crippen LogP contribution is 2.28. The summed E-state index contributed by atoms with van der Waals surface area (Å²) in [6, 6.07) is 1.53. The molecule has 1 aromatic heterocycles. The Morgan fingerprint density at radius 1 is 1.47 bits per heavy atom. The monoisotopic (exact) mass is 296 g/mol. The first-order chi connectivity index (χ1) is 7.93. The number of halogens is 2. The van der Waals surface area contributed by atoms with Crippen molar-refractivity contribution in [3.63, 3.8) is 0 Å². The van der Waals surface area contributed by atoms with Crippen LogP contribution in [0.15, 0.2) is 6.07 Å². The van der Waals surface area contributed by atoms with Crippen molar-refractivity contribution in [2.75, 3.05) is 22.8 Å². The van der Waals surface area contributed by atoms with Gasteiger partial charge in [0.1, 0.15) is 5.82 Å². The van der Waals surface area contributed by atoms with E-state index in [1.54, 1.807) is 12.3 Å². The van der Waals surface area contributed by atoms with Crippen LogP contribution in [0.1, 0.15) is 6.92 Å². The van der Waals surface area contributed by atoms with Crippen LogP contribution in [0.25, 0.3) is 0 Å². The maximum Gasteiger partial charge on any atom is 0.161 e. The first-order valence-electron chi connectivity index (χ1n) is 4.83. The highest BCUT2D eigenvalue weighted by molar-refractivity contribution is 7.84. The Hall–Kier alpha value is -0.560. The number of hydrogen-bond acceptors (Lipinski definition) is 5. The number of pyridine rings is 1. The molecule has 0 fully saturated rings. The molecule has 0 saturated heterocycles. The number of nitrogens with zero attached hydrogens (tertiary/aromatic N) is 1. The molecule has 0 bridgehead atoms. The van der Waals surface area contributed by atoms with E-state index >= 15 is 0 Å². The summed E-state index contributed by atoms with van der Waals surface area (Å²) in [4.78, 5) is 4.13. The SMILES string of the molecule is CC(CS(C)=O)Nc1nc(NN)c(Cl)cc1Cl. The third-order valence-electron chi connectivity index (χ3n) is 1.93. The molecule has 0 saturated carbocycles. The zero-order chi connectivity index (χ0) is 13.0. The molecule has 96 valence electrons. The lowest BCUT2D eigenvalue weighted by atomic mass is 10.3. The maximum absolute atomic E-state index is 11.1. The van der Waals surface area contributed by atoms with E-state index in [2.05, 4.69) is 15.7 Å². The molecule has 8 heteroatoms. The van der Waals surface area contributed by atoms with Crippen LogP contribution in [0.4, 0.5) is 11.6 Å². The van der Waals surface area contributed by atoms with Gasteiger partial charge in [0.15, 0.2) is 5.82 Å². The second-order valence-electron chi connectivity index (χ2n) is 3.58. The van der Waals surface area contributed by atoms with E-state index in [-0.39, 0.29) is 6.04 Å². The largest absolute Gasteiger partial charge is 0.365 e. The van der Waals surface area contributed by atoms with Crippen molar-refractivity contribution < 1.29 is 4.21 Å². The van der Waals surface area contributed by atoms with Crippen molar-refractivity contribution in [3.8, 4) is 0 Å². The van der Waals surface area contributed by atoms with Crippen molar-refractivity contribution in [1.29, 1.82) is 0 Å². The van der Waals surface area contributed by atoms with Crippen molar-refractivity contribution in [3.05, 3.63) is 16.1 Å². The zero-order valence-electron chi connectivity index (χ0n) is 9.46. The van der Waals surface area contributed by atoms with Crippen molar-refractivity contribution in [2.45, 2.75) is 13.0 Å². The minimum Gasteiger partial charge on any atom is -0.365 e. The molecule has 0 spiro atoms. The van der Waals surface area contributed by atoms with Gasteiger partial charge in [0.2, 0.25) is 0 Å².